The van der Waals surface area contributed by atoms with Crippen molar-refractivity contribution in [2.75, 3.05) is 7.11 Å². The largest absolute Gasteiger partial charge is 0.467 e. The minimum Gasteiger partial charge on any atom is -0.467 e. The van der Waals surface area contributed by atoms with Gasteiger partial charge in [-0.1, -0.05) is 30.3 Å². The lowest BCUT2D eigenvalue weighted by atomic mass is 10.0. The number of rotatable bonds is 4. The highest BCUT2D eigenvalue weighted by Gasteiger charge is 2.43. The molecule has 1 fully saturated rings. The number of aromatic nitrogens is 2. The number of likely N-dealkylation sites (tertiary alicyclic amines) is 1. The maximum Gasteiger partial charge on any atom is 0.328 e. The molecule has 26 heavy (non-hydrogen) atoms. The number of amides is 1. The lowest BCUT2D eigenvalue weighted by molar-refractivity contribution is -0.145. The van der Waals surface area contributed by atoms with E-state index in [0.29, 0.717) is 12.0 Å². The van der Waals surface area contributed by atoms with Crippen molar-refractivity contribution in [3.05, 3.63) is 53.3 Å². The number of nitrogens with zero attached hydrogens (tertiary/aromatic N) is 3. The number of hydrogen-bond acceptors (Lipinski definition) is 4. The first kappa shape index (κ1) is 18.2. The molecule has 0 aliphatic carbocycles. The summed E-state index contributed by atoms with van der Waals surface area (Å²) in [6, 6.07) is 9.28. The zero-order valence-corrected chi connectivity index (χ0v) is 15.7. The van der Waals surface area contributed by atoms with Crippen molar-refractivity contribution in [3.8, 4) is 0 Å². The predicted molar refractivity (Wildman–Crippen MR) is 97.7 cm³/mol. The maximum absolute atomic E-state index is 13.4. The summed E-state index contributed by atoms with van der Waals surface area (Å²) in [4.78, 5) is 27.4. The van der Waals surface area contributed by atoms with E-state index in [1.54, 1.807) is 11.1 Å². The number of hydrogen-bond donors (Lipinski definition) is 0. The second-order valence-corrected chi connectivity index (χ2v) is 6.94. The minimum atomic E-state index is -0.570. The summed E-state index contributed by atoms with van der Waals surface area (Å²) in [7, 11) is 1.36. The Morgan fingerprint density at radius 1 is 1.19 bits per heavy atom. The van der Waals surface area contributed by atoms with Gasteiger partial charge in [0.25, 0.3) is 5.91 Å². The molecule has 0 unspecified atom stereocenters. The molecule has 1 aromatic heterocycles. The lowest BCUT2D eigenvalue weighted by Gasteiger charge is -2.29. The third kappa shape index (κ3) is 3.11. The summed E-state index contributed by atoms with van der Waals surface area (Å²) >= 11 is 0. The number of carbonyl (C=O) groups is 2. The van der Waals surface area contributed by atoms with Gasteiger partial charge in [0, 0.05) is 11.7 Å². The van der Waals surface area contributed by atoms with E-state index >= 15 is 0 Å². The van der Waals surface area contributed by atoms with Crippen molar-refractivity contribution in [1.82, 2.24) is 14.7 Å². The Labute approximate surface area is 153 Å². The topological polar surface area (TPSA) is 64.4 Å². The van der Waals surface area contributed by atoms with Crippen LogP contribution in [0.5, 0.6) is 0 Å². The Morgan fingerprint density at radius 2 is 1.88 bits per heavy atom. The Kier molecular flexibility index (Phi) is 5.11. The molecule has 2 atom stereocenters. The molecule has 0 N–H and O–H groups in total. The molecule has 0 saturated carbocycles. The van der Waals surface area contributed by atoms with E-state index in [0.717, 1.165) is 17.7 Å². The number of esters is 1. The van der Waals surface area contributed by atoms with E-state index in [2.05, 4.69) is 5.10 Å². The van der Waals surface area contributed by atoms with Gasteiger partial charge in [0.1, 0.15) is 6.04 Å². The highest BCUT2D eigenvalue weighted by Crippen LogP contribution is 2.38. The number of methoxy groups -OCH3 is 1. The fourth-order valence-electron chi connectivity index (χ4n) is 3.76. The SMILES string of the molecule is COC(=O)[C@H]1CC[C@@H](c2ccccc2)N1C(=O)c1cnn(C(C)C)c1C. The van der Waals surface area contributed by atoms with Crippen LogP contribution in [0, 0.1) is 6.92 Å². The van der Waals surface area contributed by atoms with Crippen molar-refractivity contribution in [2.45, 2.75) is 51.7 Å². The third-order valence-electron chi connectivity index (χ3n) is 5.04. The molecule has 6 heteroatoms. The summed E-state index contributed by atoms with van der Waals surface area (Å²) in [5.41, 5.74) is 2.38. The Balaban J connectivity index is 2.00. The fourth-order valence-corrected chi connectivity index (χ4v) is 3.76. The zero-order chi connectivity index (χ0) is 18.8. The Bertz CT molecular complexity index is 798. The average molecular weight is 355 g/mol. The quantitative estimate of drug-likeness (QED) is 0.790. The second kappa shape index (κ2) is 7.32. The van der Waals surface area contributed by atoms with E-state index in [1.165, 1.54) is 7.11 Å². The van der Waals surface area contributed by atoms with Gasteiger partial charge in [-0.05, 0) is 39.2 Å². The van der Waals surface area contributed by atoms with Crippen LogP contribution in [-0.2, 0) is 9.53 Å². The first-order valence-corrected chi connectivity index (χ1v) is 8.95. The molecule has 138 valence electrons. The van der Waals surface area contributed by atoms with Gasteiger partial charge in [-0.2, -0.15) is 5.10 Å². The van der Waals surface area contributed by atoms with Crippen LogP contribution in [0.2, 0.25) is 0 Å². The fraction of sp³-hybridized carbons (Fsp3) is 0.450. The van der Waals surface area contributed by atoms with Crippen LogP contribution in [0.15, 0.2) is 36.5 Å². The lowest BCUT2D eigenvalue weighted by Crippen LogP contribution is -2.42. The highest BCUT2D eigenvalue weighted by atomic mass is 16.5. The summed E-state index contributed by atoms with van der Waals surface area (Å²) in [6.45, 7) is 5.93. The molecular formula is C20H25N3O3. The third-order valence-corrected chi connectivity index (χ3v) is 5.04. The van der Waals surface area contributed by atoms with Gasteiger partial charge in [-0.3, -0.25) is 9.48 Å². The molecule has 1 aromatic carbocycles. The number of carbonyl (C=O) groups excluding carboxylic acids is 2. The minimum absolute atomic E-state index is 0.144. The summed E-state index contributed by atoms with van der Waals surface area (Å²) < 4.78 is 6.78. The smallest absolute Gasteiger partial charge is 0.328 e. The first-order chi connectivity index (χ1) is 12.5. The van der Waals surface area contributed by atoms with Crippen LogP contribution in [0.25, 0.3) is 0 Å². The maximum atomic E-state index is 13.4. The van der Waals surface area contributed by atoms with E-state index in [-0.39, 0.29) is 24.0 Å². The van der Waals surface area contributed by atoms with E-state index < -0.39 is 6.04 Å². The summed E-state index contributed by atoms with van der Waals surface area (Å²) in [5, 5.41) is 4.35. The van der Waals surface area contributed by atoms with Crippen LogP contribution < -0.4 is 0 Å². The molecule has 1 aliphatic heterocycles. The molecule has 0 bridgehead atoms. The van der Waals surface area contributed by atoms with E-state index in [1.807, 2.05) is 55.8 Å². The van der Waals surface area contributed by atoms with Crippen molar-refractivity contribution in [3.63, 3.8) is 0 Å². The molecule has 2 heterocycles. The van der Waals surface area contributed by atoms with Gasteiger partial charge in [-0.15, -0.1) is 0 Å². The molecule has 1 saturated heterocycles. The van der Waals surface area contributed by atoms with Crippen LogP contribution in [0.4, 0.5) is 0 Å². The Hall–Kier alpha value is -2.63. The number of benzene rings is 1. The number of ether oxygens (including phenoxy) is 1. The van der Waals surface area contributed by atoms with E-state index in [4.69, 9.17) is 4.74 Å². The van der Waals surface area contributed by atoms with Crippen molar-refractivity contribution < 1.29 is 14.3 Å². The molecule has 2 aromatic rings. The standard InChI is InChI=1S/C20H25N3O3/c1-13(2)23-14(3)16(12-21-23)19(24)22-17(15-8-6-5-7-9-15)10-11-18(22)20(25)26-4/h5-9,12-13,17-18H,10-11H2,1-4H3/t17-,18+/m0/s1. The molecular weight excluding hydrogens is 330 g/mol. The molecule has 6 nitrogen and oxygen atoms in total. The normalized spacial score (nSPS) is 19.8. The molecule has 1 amide bonds. The Morgan fingerprint density at radius 3 is 2.46 bits per heavy atom. The van der Waals surface area contributed by atoms with Crippen LogP contribution in [-0.4, -0.2) is 39.7 Å². The van der Waals surface area contributed by atoms with Crippen LogP contribution in [0.1, 0.15) is 60.4 Å². The van der Waals surface area contributed by atoms with Crippen molar-refractivity contribution >= 4 is 11.9 Å². The zero-order valence-electron chi connectivity index (χ0n) is 15.7. The van der Waals surface area contributed by atoms with Gasteiger partial charge in [0.15, 0.2) is 0 Å². The van der Waals surface area contributed by atoms with Gasteiger partial charge in [0.05, 0.1) is 24.9 Å². The molecule has 0 spiro atoms. The van der Waals surface area contributed by atoms with Crippen LogP contribution in [0.3, 0.4) is 0 Å². The molecule has 3 rings (SSSR count). The summed E-state index contributed by atoms with van der Waals surface area (Å²) in [5.74, 6) is -0.540. The predicted octanol–water partition coefficient (Wildman–Crippen LogP) is 3.29. The van der Waals surface area contributed by atoms with Gasteiger partial charge in [-0.25, -0.2) is 4.79 Å². The first-order valence-electron chi connectivity index (χ1n) is 8.95. The monoisotopic (exact) mass is 355 g/mol. The average Bonchev–Trinajstić information content (AvgIpc) is 3.25. The van der Waals surface area contributed by atoms with Crippen molar-refractivity contribution in [2.24, 2.45) is 0 Å². The molecule has 1 aliphatic rings. The van der Waals surface area contributed by atoms with Gasteiger partial charge in [0.2, 0.25) is 0 Å². The van der Waals surface area contributed by atoms with E-state index in [9.17, 15) is 9.59 Å². The molecule has 0 radical (unpaired) electrons. The van der Waals surface area contributed by atoms with Gasteiger partial charge >= 0.3 is 5.97 Å². The second-order valence-electron chi connectivity index (χ2n) is 6.94. The highest BCUT2D eigenvalue weighted by molar-refractivity contribution is 5.98. The van der Waals surface area contributed by atoms with Crippen molar-refractivity contribution in [1.29, 1.82) is 0 Å². The van der Waals surface area contributed by atoms with Crippen LogP contribution >= 0.6 is 0 Å². The summed E-state index contributed by atoms with van der Waals surface area (Å²) in [6.07, 6.45) is 2.93. The van der Waals surface area contributed by atoms with Gasteiger partial charge < -0.3 is 9.64 Å².